The van der Waals surface area contributed by atoms with Gasteiger partial charge in [0.25, 0.3) is 0 Å². The first-order chi connectivity index (χ1) is 6.88. The molecule has 0 atom stereocenters. The molecular formula is C9H30Cl2O6. The van der Waals surface area contributed by atoms with Gasteiger partial charge in [-0.15, -0.1) is 23.2 Å². The van der Waals surface area contributed by atoms with Crippen LogP contribution in [0.5, 0.6) is 0 Å². The van der Waals surface area contributed by atoms with Crippen LogP contribution in [0.1, 0.15) is 27.7 Å². The fourth-order valence-corrected chi connectivity index (χ4v) is 0. The van der Waals surface area contributed by atoms with Crippen molar-refractivity contribution in [1.82, 2.24) is 0 Å². The average Bonchev–Trinajstić information content (AvgIpc) is 2.09. The Morgan fingerprint density at radius 1 is 0.706 bits per heavy atom. The fraction of sp³-hybridized carbons (Fsp3) is 1.00. The normalized spacial score (nSPS) is 6.00. The average molecular weight is 305 g/mol. The van der Waals surface area contributed by atoms with E-state index in [-0.39, 0.29) is 28.5 Å². The van der Waals surface area contributed by atoms with Crippen LogP contribution in [-0.4, -0.2) is 63.1 Å². The standard InChI is InChI=1S/2C3H8O.CH2Cl2.2CH4O.2H2O/c2*1-3(2)4;2-1-3;2*1-2;;/h2*3-4H,1-2H3;1H2;2*2H,1H3;2*1H2. The highest BCUT2D eigenvalue weighted by atomic mass is 35.5. The van der Waals surface area contributed by atoms with E-state index >= 15 is 0 Å². The first-order valence-electron chi connectivity index (χ1n) is 4.25. The van der Waals surface area contributed by atoms with Crippen molar-refractivity contribution in [3.63, 3.8) is 0 Å². The molecule has 0 bridgehead atoms. The largest absolute Gasteiger partial charge is 0.412 e. The van der Waals surface area contributed by atoms with Crippen molar-refractivity contribution in [2.24, 2.45) is 0 Å². The van der Waals surface area contributed by atoms with Gasteiger partial charge in [-0.2, -0.15) is 0 Å². The summed E-state index contributed by atoms with van der Waals surface area (Å²) in [6, 6.07) is 0. The zero-order valence-corrected chi connectivity index (χ0v) is 12.9. The van der Waals surface area contributed by atoms with Crippen molar-refractivity contribution < 1.29 is 31.4 Å². The summed E-state index contributed by atoms with van der Waals surface area (Å²) in [5.74, 6) is 0. The van der Waals surface area contributed by atoms with Crippen molar-refractivity contribution in [3.05, 3.63) is 0 Å². The molecule has 0 rings (SSSR count). The molecule has 0 aromatic heterocycles. The predicted octanol–water partition coefficient (Wildman–Crippen LogP) is -0.237. The third-order valence-corrected chi connectivity index (χ3v) is 0. The Balaban J connectivity index is -0.0000000148. The fourth-order valence-electron chi connectivity index (χ4n) is 0. The zero-order valence-electron chi connectivity index (χ0n) is 11.4. The first-order valence-corrected chi connectivity index (χ1v) is 5.32. The van der Waals surface area contributed by atoms with E-state index in [1.807, 2.05) is 0 Å². The molecule has 116 valence electrons. The summed E-state index contributed by atoms with van der Waals surface area (Å²) in [7, 11) is 2.00. The molecule has 17 heavy (non-hydrogen) atoms. The molecule has 0 fully saturated rings. The minimum atomic E-state index is -0.167. The topological polar surface area (TPSA) is 144 Å². The van der Waals surface area contributed by atoms with Gasteiger partial charge in [0.15, 0.2) is 0 Å². The summed E-state index contributed by atoms with van der Waals surface area (Å²) in [6.45, 7) is 6.89. The number of aliphatic hydroxyl groups is 4. The maximum Gasteiger partial charge on any atom is 0.0967 e. The molecule has 0 amide bonds. The number of hydrogen-bond acceptors (Lipinski definition) is 4. The molecule has 0 aliphatic rings. The lowest BCUT2D eigenvalue weighted by molar-refractivity contribution is 0.215. The third-order valence-electron chi connectivity index (χ3n) is 0. The van der Waals surface area contributed by atoms with Crippen LogP contribution in [0.25, 0.3) is 0 Å². The quantitative estimate of drug-likeness (QED) is 0.458. The smallest absolute Gasteiger partial charge is 0.0967 e. The first kappa shape index (κ1) is 43.3. The van der Waals surface area contributed by atoms with Gasteiger partial charge in [-0.1, -0.05) is 0 Å². The second-order valence-electron chi connectivity index (χ2n) is 2.29. The molecule has 8 heteroatoms. The minimum Gasteiger partial charge on any atom is -0.412 e. The lowest BCUT2D eigenvalue weighted by Crippen LogP contribution is -1.85. The van der Waals surface area contributed by atoms with Crippen LogP contribution in [0, 0.1) is 0 Å². The van der Waals surface area contributed by atoms with Crippen LogP contribution in [0.15, 0.2) is 0 Å². The van der Waals surface area contributed by atoms with Crippen LogP contribution in [0.3, 0.4) is 0 Å². The number of rotatable bonds is 0. The van der Waals surface area contributed by atoms with Gasteiger partial charge in [-0.25, -0.2) is 0 Å². The number of hydrogen-bond donors (Lipinski definition) is 4. The lowest BCUT2D eigenvalue weighted by Gasteiger charge is -1.80. The van der Waals surface area contributed by atoms with E-state index in [4.69, 9.17) is 43.6 Å². The Kier molecular flexibility index (Phi) is 182. The predicted molar refractivity (Wildman–Crippen MR) is 74.8 cm³/mol. The molecule has 0 aliphatic heterocycles. The molecule has 0 aliphatic carbocycles. The molecule has 0 radical (unpaired) electrons. The van der Waals surface area contributed by atoms with E-state index in [2.05, 4.69) is 0 Å². The van der Waals surface area contributed by atoms with Gasteiger partial charge in [0.2, 0.25) is 0 Å². The monoisotopic (exact) mass is 304 g/mol. The van der Waals surface area contributed by atoms with Crippen LogP contribution in [-0.2, 0) is 0 Å². The molecule has 0 unspecified atom stereocenters. The van der Waals surface area contributed by atoms with Crippen molar-refractivity contribution in [1.29, 1.82) is 0 Å². The summed E-state index contributed by atoms with van der Waals surface area (Å²) in [6.07, 6.45) is -0.333. The number of halogens is 2. The zero-order chi connectivity index (χ0) is 13.9. The second-order valence-corrected chi connectivity index (χ2v) is 3.10. The van der Waals surface area contributed by atoms with Gasteiger partial charge >= 0.3 is 0 Å². The molecule has 6 nitrogen and oxygen atoms in total. The van der Waals surface area contributed by atoms with Gasteiger partial charge in [0.05, 0.1) is 5.34 Å². The van der Waals surface area contributed by atoms with Gasteiger partial charge in [-0.05, 0) is 27.7 Å². The highest BCUT2D eigenvalue weighted by molar-refractivity contribution is 6.40. The van der Waals surface area contributed by atoms with Crippen molar-refractivity contribution in [3.8, 4) is 0 Å². The third kappa shape index (κ3) is 29100. The second kappa shape index (κ2) is 71.4. The molecule has 0 saturated carbocycles. The van der Waals surface area contributed by atoms with Crippen molar-refractivity contribution >= 4 is 23.2 Å². The SMILES string of the molecule is CC(C)O.CC(C)O.CO.CO.ClCCl.O.O. The van der Waals surface area contributed by atoms with Crippen LogP contribution in [0.4, 0.5) is 0 Å². The van der Waals surface area contributed by atoms with Gasteiger partial charge < -0.3 is 31.4 Å². The Morgan fingerprint density at radius 2 is 0.706 bits per heavy atom. The molecule has 0 heterocycles. The van der Waals surface area contributed by atoms with Crippen molar-refractivity contribution in [2.75, 3.05) is 19.6 Å². The number of aliphatic hydroxyl groups excluding tert-OH is 4. The summed E-state index contributed by atoms with van der Waals surface area (Å²) in [5, 5.41) is 30.3. The Labute approximate surface area is 114 Å². The van der Waals surface area contributed by atoms with E-state index in [1.54, 1.807) is 27.7 Å². The maximum absolute atomic E-state index is 8.06. The van der Waals surface area contributed by atoms with Gasteiger partial charge in [0.1, 0.15) is 0 Å². The van der Waals surface area contributed by atoms with E-state index in [1.165, 1.54) is 0 Å². The van der Waals surface area contributed by atoms with Gasteiger partial charge in [0, 0.05) is 26.4 Å². The lowest BCUT2D eigenvalue weighted by atomic mass is 10.5. The Hall–Kier alpha value is 0.340. The van der Waals surface area contributed by atoms with E-state index < -0.39 is 0 Å². The minimum absolute atomic E-state index is 0. The summed E-state index contributed by atoms with van der Waals surface area (Å²) >= 11 is 9.53. The summed E-state index contributed by atoms with van der Waals surface area (Å²) < 4.78 is 0. The van der Waals surface area contributed by atoms with Crippen LogP contribution < -0.4 is 0 Å². The molecule has 0 aromatic carbocycles. The molecule has 8 N–H and O–H groups in total. The van der Waals surface area contributed by atoms with Gasteiger partial charge in [-0.3, -0.25) is 0 Å². The molecule has 0 aromatic rings. The molecule has 0 saturated heterocycles. The van der Waals surface area contributed by atoms with E-state index in [0.717, 1.165) is 14.2 Å². The Bertz CT molecular complexity index is 47.2. The maximum atomic E-state index is 8.06. The highest BCUT2D eigenvalue weighted by Gasteiger charge is 1.69. The van der Waals surface area contributed by atoms with Crippen molar-refractivity contribution in [2.45, 2.75) is 39.9 Å². The Morgan fingerprint density at radius 3 is 0.706 bits per heavy atom. The number of alkyl halides is 2. The summed E-state index contributed by atoms with van der Waals surface area (Å²) in [4.78, 5) is 0. The van der Waals surface area contributed by atoms with E-state index in [0.29, 0.717) is 0 Å². The molecular weight excluding hydrogens is 275 g/mol. The van der Waals surface area contributed by atoms with Crippen LogP contribution >= 0.6 is 23.2 Å². The highest BCUT2D eigenvalue weighted by Crippen LogP contribution is 1.73. The summed E-state index contributed by atoms with van der Waals surface area (Å²) in [5.41, 5.74) is 0. The molecule has 0 spiro atoms. The van der Waals surface area contributed by atoms with E-state index in [9.17, 15) is 0 Å². The van der Waals surface area contributed by atoms with Crippen LogP contribution in [0.2, 0.25) is 0 Å².